The van der Waals surface area contributed by atoms with E-state index in [9.17, 15) is 0 Å². The van der Waals surface area contributed by atoms with Gasteiger partial charge in [-0.05, 0) is 39.3 Å². The largest absolute Gasteiger partial charge is 0.372 e. The van der Waals surface area contributed by atoms with E-state index in [1.807, 2.05) is 0 Å². The monoisotopic (exact) mass is 226 g/mol. The molecule has 0 bridgehead atoms. The summed E-state index contributed by atoms with van der Waals surface area (Å²) in [5, 5.41) is 3.37. The molecule has 0 radical (unpaired) electrons. The molecule has 3 nitrogen and oxygen atoms in total. The standard InChI is InChI=1S/C13H26N2O/c1-3-14-9-12-7-8-13(16-12)10-15(2)11-5-4-6-11/h11-14H,3-10H2,1-2H3. The van der Waals surface area contributed by atoms with Crippen LogP contribution in [0.2, 0.25) is 0 Å². The SMILES string of the molecule is CCNCC1CCC(CN(C)C2CCC2)O1. The highest BCUT2D eigenvalue weighted by atomic mass is 16.5. The Morgan fingerprint density at radius 3 is 2.56 bits per heavy atom. The van der Waals surface area contributed by atoms with Gasteiger partial charge in [0.1, 0.15) is 0 Å². The van der Waals surface area contributed by atoms with Crippen LogP contribution in [0.4, 0.5) is 0 Å². The van der Waals surface area contributed by atoms with E-state index in [1.165, 1.54) is 32.1 Å². The first kappa shape index (κ1) is 12.3. The minimum Gasteiger partial charge on any atom is -0.372 e. The Balaban J connectivity index is 1.63. The second-order valence-corrected chi connectivity index (χ2v) is 5.29. The molecule has 0 spiro atoms. The Labute approximate surface area is 99.5 Å². The molecule has 0 amide bonds. The van der Waals surface area contributed by atoms with Crippen molar-refractivity contribution in [2.45, 2.75) is 57.3 Å². The minimum absolute atomic E-state index is 0.458. The van der Waals surface area contributed by atoms with E-state index in [0.717, 1.165) is 25.7 Å². The Hall–Kier alpha value is -0.120. The predicted octanol–water partition coefficient (Wildman–Crippen LogP) is 1.63. The number of nitrogens with zero attached hydrogens (tertiary/aromatic N) is 1. The molecule has 2 rings (SSSR count). The Morgan fingerprint density at radius 1 is 1.19 bits per heavy atom. The number of rotatable bonds is 6. The molecule has 1 saturated heterocycles. The van der Waals surface area contributed by atoms with Gasteiger partial charge < -0.3 is 15.0 Å². The summed E-state index contributed by atoms with van der Waals surface area (Å²) in [7, 11) is 2.25. The summed E-state index contributed by atoms with van der Waals surface area (Å²) in [5.41, 5.74) is 0. The van der Waals surface area contributed by atoms with E-state index in [0.29, 0.717) is 12.2 Å². The summed E-state index contributed by atoms with van der Waals surface area (Å²) < 4.78 is 6.05. The summed E-state index contributed by atoms with van der Waals surface area (Å²) in [6.07, 6.45) is 7.62. The summed E-state index contributed by atoms with van der Waals surface area (Å²) in [4.78, 5) is 2.50. The molecular weight excluding hydrogens is 200 g/mol. The molecule has 16 heavy (non-hydrogen) atoms. The van der Waals surface area contributed by atoms with Gasteiger partial charge in [0.2, 0.25) is 0 Å². The van der Waals surface area contributed by atoms with Gasteiger partial charge in [0.15, 0.2) is 0 Å². The first-order valence-electron chi connectivity index (χ1n) is 6.86. The zero-order valence-corrected chi connectivity index (χ0v) is 10.7. The summed E-state index contributed by atoms with van der Waals surface area (Å²) in [5.74, 6) is 0. The van der Waals surface area contributed by atoms with Gasteiger partial charge in [0.25, 0.3) is 0 Å². The quantitative estimate of drug-likeness (QED) is 0.745. The van der Waals surface area contributed by atoms with Crippen LogP contribution in [-0.4, -0.2) is 49.8 Å². The van der Waals surface area contributed by atoms with Crippen molar-refractivity contribution in [3.8, 4) is 0 Å². The lowest BCUT2D eigenvalue weighted by Crippen LogP contribution is -2.41. The lowest BCUT2D eigenvalue weighted by atomic mass is 9.91. The molecule has 1 N–H and O–H groups in total. The van der Waals surface area contributed by atoms with Crippen LogP contribution in [0.25, 0.3) is 0 Å². The first-order valence-corrected chi connectivity index (χ1v) is 6.86. The van der Waals surface area contributed by atoms with Crippen molar-refractivity contribution in [1.29, 1.82) is 0 Å². The predicted molar refractivity (Wildman–Crippen MR) is 66.7 cm³/mol. The van der Waals surface area contributed by atoms with Crippen LogP contribution in [0.5, 0.6) is 0 Å². The fraction of sp³-hybridized carbons (Fsp3) is 1.00. The third-order valence-corrected chi connectivity index (χ3v) is 4.01. The highest BCUT2D eigenvalue weighted by Gasteiger charge is 2.29. The van der Waals surface area contributed by atoms with E-state index in [-0.39, 0.29) is 0 Å². The number of hydrogen-bond donors (Lipinski definition) is 1. The molecule has 94 valence electrons. The van der Waals surface area contributed by atoms with E-state index in [4.69, 9.17) is 4.74 Å². The van der Waals surface area contributed by atoms with Crippen LogP contribution in [0.15, 0.2) is 0 Å². The topological polar surface area (TPSA) is 24.5 Å². The van der Waals surface area contributed by atoms with Crippen LogP contribution >= 0.6 is 0 Å². The van der Waals surface area contributed by atoms with Crippen molar-refractivity contribution in [2.24, 2.45) is 0 Å². The summed E-state index contributed by atoms with van der Waals surface area (Å²) in [6, 6.07) is 0.844. The Morgan fingerprint density at radius 2 is 1.94 bits per heavy atom. The van der Waals surface area contributed by atoms with Crippen molar-refractivity contribution >= 4 is 0 Å². The van der Waals surface area contributed by atoms with Gasteiger partial charge in [0.05, 0.1) is 12.2 Å². The maximum absolute atomic E-state index is 6.05. The van der Waals surface area contributed by atoms with Gasteiger partial charge in [-0.3, -0.25) is 0 Å². The van der Waals surface area contributed by atoms with Gasteiger partial charge in [0, 0.05) is 19.1 Å². The van der Waals surface area contributed by atoms with Crippen molar-refractivity contribution in [3.63, 3.8) is 0 Å². The molecule has 2 atom stereocenters. The van der Waals surface area contributed by atoms with E-state index < -0.39 is 0 Å². The lowest BCUT2D eigenvalue weighted by molar-refractivity contribution is 0.0128. The van der Waals surface area contributed by atoms with Crippen molar-refractivity contribution in [2.75, 3.05) is 26.7 Å². The average molecular weight is 226 g/mol. The molecule has 1 heterocycles. The highest BCUT2D eigenvalue weighted by molar-refractivity contribution is 4.82. The van der Waals surface area contributed by atoms with Crippen molar-refractivity contribution < 1.29 is 4.74 Å². The summed E-state index contributed by atoms with van der Waals surface area (Å²) in [6.45, 7) is 5.36. The molecule has 2 unspecified atom stereocenters. The maximum atomic E-state index is 6.05. The van der Waals surface area contributed by atoms with Crippen molar-refractivity contribution in [1.82, 2.24) is 10.2 Å². The smallest absolute Gasteiger partial charge is 0.0707 e. The number of likely N-dealkylation sites (N-methyl/N-ethyl adjacent to an activating group) is 2. The zero-order chi connectivity index (χ0) is 11.4. The van der Waals surface area contributed by atoms with E-state index in [1.54, 1.807) is 0 Å². The average Bonchev–Trinajstić information content (AvgIpc) is 2.59. The van der Waals surface area contributed by atoms with Crippen LogP contribution < -0.4 is 5.32 Å². The van der Waals surface area contributed by atoms with Crippen LogP contribution in [0.3, 0.4) is 0 Å². The van der Waals surface area contributed by atoms with Crippen LogP contribution in [0.1, 0.15) is 39.0 Å². The number of hydrogen-bond acceptors (Lipinski definition) is 3. The molecule has 2 fully saturated rings. The third-order valence-electron chi connectivity index (χ3n) is 4.01. The van der Waals surface area contributed by atoms with Gasteiger partial charge in [-0.15, -0.1) is 0 Å². The molecule has 1 saturated carbocycles. The molecule has 1 aliphatic heterocycles. The van der Waals surface area contributed by atoms with Gasteiger partial charge in [-0.25, -0.2) is 0 Å². The molecule has 0 aromatic heterocycles. The van der Waals surface area contributed by atoms with Crippen LogP contribution in [0, 0.1) is 0 Å². The van der Waals surface area contributed by atoms with E-state index in [2.05, 4.69) is 24.2 Å². The zero-order valence-electron chi connectivity index (χ0n) is 10.7. The third kappa shape index (κ3) is 3.19. The molecule has 1 aliphatic carbocycles. The molecule has 0 aromatic rings. The highest BCUT2D eigenvalue weighted by Crippen LogP contribution is 2.26. The van der Waals surface area contributed by atoms with Crippen molar-refractivity contribution in [3.05, 3.63) is 0 Å². The fourth-order valence-corrected chi connectivity index (χ4v) is 2.67. The Kier molecular flexibility index (Phi) is 4.62. The number of nitrogens with one attached hydrogen (secondary N) is 1. The van der Waals surface area contributed by atoms with Crippen LogP contribution in [-0.2, 0) is 4.74 Å². The molecule has 3 heteroatoms. The lowest BCUT2D eigenvalue weighted by Gasteiger charge is -2.36. The van der Waals surface area contributed by atoms with Gasteiger partial charge in [-0.1, -0.05) is 13.3 Å². The maximum Gasteiger partial charge on any atom is 0.0707 e. The molecular formula is C13H26N2O. The first-order chi connectivity index (χ1) is 7.79. The molecule has 2 aliphatic rings. The second-order valence-electron chi connectivity index (χ2n) is 5.29. The second kappa shape index (κ2) is 5.99. The number of ether oxygens (including phenoxy) is 1. The normalized spacial score (nSPS) is 30.9. The Bertz CT molecular complexity index is 206. The molecule has 0 aromatic carbocycles. The summed E-state index contributed by atoms with van der Waals surface area (Å²) >= 11 is 0. The fourth-order valence-electron chi connectivity index (χ4n) is 2.67. The minimum atomic E-state index is 0.458. The van der Waals surface area contributed by atoms with Gasteiger partial charge >= 0.3 is 0 Å². The van der Waals surface area contributed by atoms with E-state index >= 15 is 0 Å². The van der Waals surface area contributed by atoms with Gasteiger partial charge in [-0.2, -0.15) is 0 Å².